The van der Waals surface area contributed by atoms with Crippen LogP contribution in [-0.4, -0.2) is 21.6 Å². The summed E-state index contributed by atoms with van der Waals surface area (Å²) >= 11 is 0.546. The molecule has 0 N–H and O–H groups in total. The van der Waals surface area contributed by atoms with E-state index < -0.39 is 0 Å². The maximum absolute atomic E-state index is 5.03. The topological polar surface area (TPSA) is 9.23 Å². The van der Waals surface area contributed by atoms with E-state index in [2.05, 4.69) is 30.8 Å². The average Bonchev–Trinajstić information content (AvgIpc) is 2.14. The third-order valence-corrected chi connectivity index (χ3v) is 3.38. The molecule has 0 atom stereocenters. The van der Waals surface area contributed by atoms with Crippen LogP contribution in [0.25, 0.3) is 0 Å². The van der Waals surface area contributed by atoms with Gasteiger partial charge in [-0.2, -0.15) is 0 Å². The van der Waals surface area contributed by atoms with Crippen molar-refractivity contribution < 1.29 is 4.74 Å². The van der Waals surface area contributed by atoms with Gasteiger partial charge >= 0.3 is 79.3 Å². The SMILES string of the molecule is C=COCC[Se]c1ccccc1. The molecule has 1 rings (SSSR count). The molecule has 0 saturated carbocycles. The van der Waals surface area contributed by atoms with E-state index in [1.54, 1.807) is 0 Å². The first-order chi connectivity index (χ1) is 5.93. The Morgan fingerprint density at radius 2 is 2.08 bits per heavy atom. The molecule has 0 aromatic heterocycles. The van der Waals surface area contributed by atoms with E-state index in [1.807, 2.05) is 6.07 Å². The van der Waals surface area contributed by atoms with Crippen LogP contribution in [0.3, 0.4) is 0 Å². The molecule has 0 spiro atoms. The predicted octanol–water partition coefficient (Wildman–Crippen LogP) is 1.59. The minimum absolute atomic E-state index is 0.546. The summed E-state index contributed by atoms with van der Waals surface area (Å²) in [6.07, 6.45) is 1.50. The molecule has 1 nitrogen and oxygen atoms in total. The zero-order valence-electron chi connectivity index (χ0n) is 6.90. The molecule has 2 heteroatoms. The van der Waals surface area contributed by atoms with Crippen LogP contribution in [0.1, 0.15) is 0 Å². The Morgan fingerprint density at radius 1 is 1.33 bits per heavy atom. The minimum atomic E-state index is 0.546. The Balaban J connectivity index is 2.20. The second-order valence-electron chi connectivity index (χ2n) is 2.20. The fourth-order valence-electron chi connectivity index (χ4n) is 0.808. The number of benzene rings is 1. The van der Waals surface area contributed by atoms with Crippen LogP contribution in [0.4, 0.5) is 0 Å². The van der Waals surface area contributed by atoms with Crippen molar-refractivity contribution in [2.45, 2.75) is 5.32 Å². The van der Waals surface area contributed by atoms with Gasteiger partial charge in [0, 0.05) is 0 Å². The standard InChI is InChI=1S/C10H12OSe/c1-2-11-8-9-12-10-6-4-3-5-7-10/h2-7H,1,8-9H2. The number of ether oxygens (including phenoxy) is 1. The molecule has 0 fully saturated rings. The molecule has 0 radical (unpaired) electrons. The molecule has 0 heterocycles. The number of rotatable bonds is 5. The van der Waals surface area contributed by atoms with Gasteiger partial charge in [-0.3, -0.25) is 0 Å². The van der Waals surface area contributed by atoms with Gasteiger partial charge in [-0.1, -0.05) is 0 Å². The Bertz CT molecular complexity index is 221. The summed E-state index contributed by atoms with van der Waals surface area (Å²) in [5, 5.41) is 1.11. The third-order valence-electron chi connectivity index (χ3n) is 1.33. The van der Waals surface area contributed by atoms with E-state index in [9.17, 15) is 0 Å². The molecule has 0 aliphatic rings. The van der Waals surface area contributed by atoms with Crippen LogP contribution >= 0.6 is 0 Å². The molecule has 0 unspecified atom stereocenters. The molecule has 0 saturated heterocycles. The quantitative estimate of drug-likeness (QED) is 0.421. The van der Waals surface area contributed by atoms with E-state index in [-0.39, 0.29) is 0 Å². The van der Waals surface area contributed by atoms with Gasteiger partial charge in [0.05, 0.1) is 0 Å². The van der Waals surface area contributed by atoms with Crippen molar-refractivity contribution in [3.05, 3.63) is 43.2 Å². The molecule has 0 aliphatic carbocycles. The first-order valence-corrected chi connectivity index (χ1v) is 5.90. The maximum atomic E-state index is 5.03. The molecule has 0 bridgehead atoms. The Labute approximate surface area is 79.6 Å². The molecule has 1 aromatic carbocycles. The van der Waals surface area contributed by atoms with E-state index in [4.69, 9.17) is 4.74 Å². The summed E-state index contributed by atoms with van der Waals surface area (Å²) in [6.45, 7) is 4.28. The fourth-order valence-corrected chi connectivity index (χ4v) is 2.41. The van der Waals surface area contributed by atoms with E-state index in [1.165, 1.54) is 10.7 Å². The second-order valence-corrected chi connectivity index (χ2v) is 4.65. The van der Waals surface area contributed by atoms with E-state index >= 15 is 0 Å². The summed E-state index contributed by atoms with van der Waals surface area (Å²) in [5.41, 5.74) is 0. The molecule has 0 amide bonds. The van der Waals surface area contributed by atoms with Gasteiger partial charge in [0.25, 0.3) is 0 Å². The summed E-state index contributed by atoms with van der Waals surface area (Å²) in [6, 6.07) is 10.5. The van der Waals surface area contributed by atoms with Gasteiger partial charge in [0.15, 0.2) is 0 Å². The Hall–Kier alpha value is -0.721. The molecular weight excluding hydrogens is 215 g/mol. The van der Waals surface area contributed by atoms with Crippen molar-refractivity contribution in [2.75, 3.05) is 6.61 Å². The predicted molar refractivity (Wildman–Crippen MR) is 52.8 cm³/mol. The normalized spacial score (nSPS) is 9.33. The van der Waals surface area contributed by atoms with Crippen molar-refractivity contribution in [3.63, 3.8) is 0 Å². The third kappa shape index (κ3) is 3.61. The van der Waals surface area contributed by atoms with Crippen molar-refractivity contribution in [1.82, 2.24) is 0 Å². The number of hydrogen-bond acceptors (Lipinski definition) is 1. The van der Waals surface area contributed by atoms with Crippen LogP contribution in [0, 0.1) is 0 Å². The van der Waals surface area contributed by atoms with Crippen molar-refractivity contribution >= 4 is 19.4 Å². The van der Waals surface area contributed by atoms with Gasteiger partial charge in [-0.05, 0) is 0 Å². The molecule has 64 valence electrons. The van der Waals surface area contributed by atoms with Gasteiger partial charge in [0.2, 0.25) is 0 Å². The Kier molecular flexibility index (Phi) is 4.58. The summed E-state index contributed by atoms with van der Waals surface area (Å²) in [7, 11) is 0. The zero-order valence-corrected chi connectivity index (χ0v) is 8.61. The van der Waals surface area contributed by atoms with Crippen LogP contribution in [-0.2, 0) is 4.74 Å². The van der Waals surface area contributed by atoms with Gasteiger partial charge in [-0.15, -0.1) is 0 Å². The van der Waals surface area contributed by atoms with Crippen molar-refractivity contribution in [3.8, 4) is 0 Å². The zero-order chi connectivity index (χ0) is 8.65. The number of hydrogen-bond donors (Lipinski definition) is 0. The monoisotopic (exact) mass is 228 g/mol. The van der Waals surface area contributed by atoms with Crippen LogP contribution in [0.5, 0.6) is 0 Å². The Morgan fingerprint density at radius 3 is 2.75 bits per heavy atom. The molecule has 0 aliphatic heterocycles. The first-order valence-electron chi connectivity index (χ1n) is 3.84. The first kappa shape index (κ1) is 9.37. The van der Waals surface area contributed by atoms with Gasteiger partial charge < -0.3 is 0 Å². The molecular formula is C10H12OSe. The summed E-state index contributed by atoms with van der Waals surface area (Å²) in [5.74, 6) is 0. The molecule has 12 heavy (non-hydrogen) atoms. The van der Waals surface area contributed by atoms with Crippen molar-refractivity contribution in [1.29, 1.82) is 0 Å². The van der Waals surface area contributed by atoms with E-state index in [0.717, 1.165) is 11.9 Å². The van der Waals surface area contributed by atoms with Crippen LogP contribution in [0.2, 0.25) is 5.32 Å². The summed E-state index contributed by atoms with van der Waals surface area (Å²) < 4.78 is 6.46. The van der Waals surface area contributed by atoms with Gasteiger partial charge in [0.1, 0.15) is 0 Å². The van der Waals surface area contributed by atoms with Crippen molar-refractivity contribution in [2.24, 2.45) is 0 Å². The van der Waals surface area contributed by atoms with Crippen LogP contribution < -0.4 is 4.46 Å². The van der Waals surface area contributed by atoms with Gasteiger partial charge in [-0.25, -0.2) is 0 Å². The fraction of sp³-hybridized carbons (Fsp3) is 0.200. The average molecular weight is 227 g/mol. The molecule has 1 aromatic rings. The van der Waals surface area contributed by atoms with E-state index in [0.29, 0.717) is 15.0 Å². The van der Waals surface area contributed by atoms with Crippen LogP contribution in [0.15, 0.2) is 43.2 Å². The second kappa shape index (κ2) is 5.87. The summed E-state index contributed by atoms with van der Waals surface area (Å²) in [4.78, 5) is 0.